The maximum atomic E-state index is 13.2. The van der Waals surface area contributed by atoms with Crippen LogP contribution in [0.25, 0.3) is 0 Å². The van der Waals surface area contributed by atoms with E-state index >= 15 is 0 Å². The second-order valence-corrected chi connectivity index (χ2v) is 3.34. The molecule has 0 spiro atoms. The Bertz CT molecular complexity index is 454. The highest BCUT2D eigenvalue weighted by molar-refractivity contribution is 5.97. The van der Waals surface area contributed by atoms with Gasteiger partial charge in [0.1, 0.15) is 29.1 Å². The Morgan fingerprint density at radius 3 is 2.12 bits per heavy atom. The van der Waals surface area contributed by atoms with Crippen molar-refractivity contribution in [3.05, 3.63) is 35.1 Å². The third-order valence-electron chi connectivity index (χ3n) is 2.01. The number of hydrogen-bond acceptors (Lipinski definition) is 2. The first kappa shape index (κ1) is 13.0. The molecule has 0 aliphatic heterocycles. The average molecular weight is 246 g/mol. The standard InChI is InChI=1S/C10H9F3N2O2/c1-4(9(14)16)15-10(17)8-6(12)2-5(11)3-7(8)13/h2-4H,1H3,(H2,14,16)(H,15,17)/t4-/m0/s1. The molecule has 0 bridgehead atoms. The zero-order valence-corrected chi connectivity index (χ0v) is 8.76. The topological polar surface area (TPSA) is 72.2 Å². The van der Waals surface area contributed by atoms with Crippen molar-refractivity contribution in [2.24, 2.45) is 5.73 Å². The van der Waals surface area contributed by atoms with Crippen molar-refractivity contribution >= 4 is 11.8 Å². The summed E-state index contributed by atoms with van der Waals surface area (Å²) in [6, 6.07) is -0.355. The summed E-state index contributed by atoms with van der Waals surface area (Å²) < 4.78 is 38.9. The quantitative estimate of drug-likeness (QED) is 0.824. The van der Waals surface area contributed by atoms with E-state index in [1.807, 2.05) is 5.32 Å². The summed E-state index contributed by atoms with van der Waals surface area (Å²) in [6.45, 7) is 1.25. The first-order valence-corrected chi connectivity index (χ1v) is 4.57. The van der Waals surface area contributed by atoms with E-state index in [1.54, 1.807) is 0 Å². The minimum atomic E-state index is -1.35. The van der Waals surface area contributed by atoms with Gasteiger partial charge in [-0.3, -0.25) is 9.59 Å². The fraction of sp³-hybridized carbons (Fsp3) is 0.200. The number of nitrogens with one attached hydrogen (secondary N) is 1. The first-order chi connectivity index (χ1) is 7.82. The second kappa shape index (κ2) is 4.86. The van der Waals surface area contributed by atoms with Gasteiger partial charge in [0.05, 0.1) is 0 Å². The molecule has 0 aliphatic rings. The van der Waals surface area contributed by atoms with E-state index in [-0.39, 0.29) is 0 Å². The largest absolute Gasteiger partial charge is 0.368 e. The molecule has 0 aromatic heterocycles. The summed E-state index contributed by atoms with van der Waals surface area (Å²) in [4.78, 5) is 22.0. The monoisotopic (exact) mass is 246 g/mol. The molecular formula is C10H9F3N2O2. The van der Waals surface area contributed by atoms with Gasteiger partial charge in [-0.05, 0) is 6.92 Å². The average Bonchev–Trinajstić information content (AvgIpc) is 2.15. The van der Waals surface area contributed by atoms with Crippen LogP contribution in [-0.2, 0) is 4.79 Å². The minimum absolute atomic E-state index is 0.368. The third-order valence-corrected chi connectivity index (χ3v) is 2.01. The van der Waals surface area contributed by atoms with Crippen LogP contribution >= 0.6 is 0 Å². The van der Waals surface area contributed by atoms with Crippen LogP contribution in [0, 0.1) is 17.5 Å². The predicted octanol–water partition coefficient (Wildman–Crippen LogP) is 0.708. The molecule has 3 N–H and O–H groups in total. The Labute approximate surface area is 94.6 Å². The number of carbonyl (C=O) groups is 2. The zero-order valence-electron chi connectivity index (χ0n) is 8.76. The Kier molecular flexibility index (Phi) is 3.72. The highest BCUT2D eigenvalue weighted by atomic mass is 19.1. The lowest BCUT2D eigenvalue weighted by Crippen LogP contribution is -2.42. The molecule has 0 saturated heterocycles. The van der Waals surface area contributed by atoms with Crippen molar-refractivity contribution < 1.29 is 22.8 Å². The molecule has 0 heterocycles. The van der Waals surface area contributed by atoms with Crippen LogP contribution in [0.1, 0.15) is 17.3 Å². The predicted molar refractivity (Wildman–Crippen MR) is 52.4 cm³/mol. The van der Waals surface area contributed by atoms with E-state index < -0.39 is 40.9 Å². The number of halogens is 3. The molecule has 1 atom stereocenters. The van der Waals surface area contributed by atoms with E-state index in [2.05, 4.69) is 0 Å². The highest BCUT2D eigenvalue weighted by Gasteiger charge is 2.21. The van der Waals surface area contributed by atoms with Crippen molar-refractivity contribution in [1.82, 2.24) is 5.32 Å². The summed E-state index contributed by atoms with van der Waals surface area (Å²) in [5, 5.41) is 1.98. The normalized spacial score (nSPS) is 12.0. The number of benzene rings is 1. The van der Waals surface area contributed by atoms with Crippen LogP contribution in [0.2, 0.25) is 0 Å². The van der Waals surface area contributed by atoms with Crippen molar-refractivity contribution in [3.63, 3.8) is 0 Å². The van der Waals surface area contributed by atoms with Gasteiger partial charge in [0, 0.05) is 12.1 Å². The van der Waals surface area contributed by atoms with Gasteiger partial charge in [-0.2, -0.15) is 0 Å². The van der Waals surface area contributed by atoms with Crippen LogP contribution in [0.15, 0.2) is 12.1 Å². The van der Waals surface area contributed by atoms with Gasteiger partial charge in [-0.15, -0.1) is 0 Å². The van der Waals surface area contributed by atoms with Crippen LogP contribution < -0.4 is 11.1 Å². The number of amides is 2. The van der Waals surface area contributed by atoms with Gasteiger partial charge in [0.2, 0.25) is 5.91 Å². The first-order valence-electron chi connectivity index (χ1n) is 4.57. The Balaban J connectivity index is 3.01. The molecule has 2 amide bonds. The lowest BCUT2D eigenvalue weighted by Gasteiger charge is -2.11. The molecule has 0 fully saturated rings. The smallest absolute Gasteiger partial charge is 0.257 e. The van der Waals surface area contributed by atoms with Gasteiger partial charge in [0.15, 0.2) is 0 Å². The molecule has 1 rings (SSSR count). The van der Waals surface area contributed by atoms with Gasteiger partial charge in [-0.1, -0.05) is 0 Å². The van der Waals surface area contributed by atoms with Crippen molar-refractivity contribution in [2.45, 2.75) is 13.0 Å². The third kappa shape index (κ3) is 2.96. The van der Waals surface area contributed by atoms with E-state index in [1.165, 1.54) is 6.92 Å². The van der Waals surface area contributed by atoms with Crippen LogP contribution in [0.3, 0.4) is 0 Å². The van der Waals surface area contributed by atoms with Crippen molar-refractivity contribution in [3.8, 4) is 0 Å². The number of carbonyl (C=O) groups excluding carboxylic acids is 2. The molecule has 17 heavy (non-hydrogen) atoms. The Morgan fingerprint density at radius 1 is 1.24 bits per heavy atom. The van der Waals surface area contributed by atoms with Crippen molar-refractivity contribution in [1.29, 1.82) is 0 Å². The minimum Gasteiger partial charge on any atom is -0.368 e. The maximum absolute atomic E-state index is 13.2. The van der Waals surface area contributed by atoms with Gasteiger partial charge in [0.25, 0.3) is 5.91 Å². The lowest BCUT2D eigenvalue weighted by molar-refractivity contribution is -0.119. The fourth-order valence-corrected chi connectivity index (χ4v) is 1.10. The molecule has 7 heteroatoms. The number of nitrogens with two attached hydrogens (primary N) is 1. The molecule has 0 saturated carbocycles. The number of primary amides is 1. The number of rotatable bonds is 3. The summed E-state index contributed by atoms with van der Waals surface area (Å²) in [5.74, 6) is -5.87. The molecule has 1 aromatic rings. The molecule has 0 radical (unpaired) electrons. The van der Waals surface area contributed by atoms with E-state index in [0.717, 1.165) is 0 Å². The van der Waals surface area contributed by atoms with Crippen LogP contribution in [0.5, 0.6) is 0 Å². The molecule has 0 unspecified atom stereocenters. The molecule has 0 aliphatic carbocycles. The van der Waals surface area contributed by atoms with Gasteiger partial charge < -0.3 is 11.1 Å². The van der Waals surface area contributed by atoms with Gasteiger partial charge >= 0.3 is 0 Å². The van der Waals surface area contributed by atoms with E-state index in [4.69, 9.17) is 5.73 Å². The summed E-state index contributed by atoms with van der Waals surface area (Å²) in [5.41, 5.74) is 3.90. The number of hydrogen-bond donors (Lipinski definition) is 2. The fourth-order valence-electron chi connectivity index (χ4n) is 1.10. The summed E-state index contributed by atoms with van der Waals surface area (Å²) >= 11 is 0. The molecular weight excluding hydrogens is 237 g/mol. The maximum Gasteiger partial charge on any atom is 0.257 e. The molecule has 92 valence electrons. The van der Waals surface area contributed by atoms with Gasteiger partial charge in [-0.25, -0.2) is 13.2 Å². The van der Waals surface area contributed by atoms with Crippen LogP contribution in [-0.4, -0.2) is 17.9 Å². The Hall–Kier alpha value is -2.05. The second-order valence-electron chi connectivity index (χ2n) is 3.34. The van der Waals surface area contributed by atoms with E-state index in [0.29, 0.717) is 12.1 Å². The molecule has 1 aromatic carbocycles. The highest BCUT2D eigenvalue weighted by Crippen LogP contribution is 2.14. The van der Waals surface area contributed by atoms with Crippen LogP contribution in [0.4, 0.5) is 13.2 Å². The Morgan fingerprint density at radius 2 is 1.71 bits per heavy atom. The molecule has 4 nitrogen and oxygen atoms in total. The lowest BCUT2D eigenvalue weighted by atomic mass is 10.1. The van der Waals surface area contributed by atoms with E-state index in [9.17, 15) is 22.8 Å². The van der Waals surface area contributed by atoms with Crippen molar-refractivity contribution in [2.75, 3.05) is 0 Å². The summed E-state index contributed by atoms with van der Waals surface area (Å²) in [7, 11) is 0. The SMILES string of the molecule is C[C@H](NC(=O)c1c(F)cc(F)cc1F)C(N)=O. The summed E-state index contributed by atoms with van der Waals surface area (Å²) in [6.07, 6.45) is 0. The zero-order chi connectivity index (χ0) is 13.2.